The van der Waals surface area contributed by atoms with Gasteiger partial charge >= 0.3 is 0 Å². The Hall–Kier alpha value is -2.47. The quantitative estimate of drug-likeness (QED) is 0.874. The summed E-state index contributed by atoms with van der Waals surface area (Å²) in [6.07, 6.45) is 3.01. The number of likely N-dealkylation sites (tertiary alicyclic amines) is 1. The van der Waals surface area contributed by atoms with Crippen LogP contribution in [0.3, 0.4) is 0 Å². The zero-order valence-corrected chi connectivity index (χ0v) is 13.1. The molecule has 1 aliphatic rings. The van der Waals surface area contributed by atoms with Crippen molar-refractivity contribution in [3.63, 3.8) is 0 Å². The van der Waals surface area contributed by atoms with E-state index in [2.05, 4.69) is 51.4 Å². The highest BCUT2D eigenvalue weighted by Crippen LogP contribution is 2.21. The summed E-state index contributed by atoms with van der Waals surface area (Å²) in [6, 6.07) is 10.7. The number of aromatic nitrogens is 2. The zero-order chi connectivity index (χ0) is 16.2. The third-order valence-electron chi connectivity index (χ3n) is 4.16. The Morgan fingerprint density at radius 3 is 2.83 bits per heavy atom. The van der Waals surface area contributed by atoms with Crippen molar-refractivity contribution in [2.75, 3.05) is 18.4 Å². The van der Waals surface area contributed by atoms with Crippen molar-refractivity contribution in [2.45, 2.75) is 19.5 Å². The summed E-state index contributed by atoms with van der Waals surface area (Å²) < 4.78 is 0. The van der Waals surface area contributed by atoms with Crippen molar-refractivity contribution in [1.29, 1.82) is 0 Å². The Labute approximate surface area is 135 Å². The van der Waals surface area contributed by atoms with Crippen molar-refractivity contribution in [1.82, 2.24) is 14.9 Å². The molecule has 1 saturated heterocycles. The molecule has 1 aromatic heterocycles. The number of amides is 1. The smallest absolute Gasteiger partial charge is 0.268 e. The van der Waals surface area contributed by atoms with E-state index in [1.165, 1.54) is 11.8 Å². The number of anilines is 1. The molecule has 2 aromatic rings. The van der Waals surface area contributed by atoms with Gasteiger partial charge in [-0.05, 0) is 11.5 Å². The van der Waals surface area contributed by atoms with Gasteiger partial charge in [0.1, 0.15) is 11.5 Å². The first-order valence-corrected chi connectivity index (χ1v) is 7.76. The Balaban J connectivity index is 1.63. The number of nitrogens with zero attached hydrogens (tertiary/aromatic N) is 3. The number of carbonyl (C=O) groups is 1. The molecule has 6 nitrogen and oxygen atoms in total. The average Bonchev–Trinajstić information content (AvgIpc) is 2.88. The van der Waals surface area contributed by atoms with Crippen LogP contribution in [0.4, 0.5) is 5.82 Å². The van der Waals surface area contributed by atoms with Crippen LogP contribution in [0.5, 0.6) is 0 Å². The Bertz CT molecular complexity index is 676. The Kier molecular flexibility index (Phi) is 4.52. The van der Waals surface area contributed by atoms with E-state index in [9.17, 15) is 4.79 Å². The Morgan fingerprint density at radius 2 is 2.09 bits per heavy atom. The summed E-state index contributed by atoms with van der Waals surface area (Å²) in [5, 5.41) is 3.38. The normalized spacial score (nSPS) is 21.3. The second-order valence-electron chi connectivity index (χ2n) is 6.06. The van der Waals surface area contributed by atoms with E-state index < -0.39 is 5.91 Å². The first-order valence-electron chi connectivity index (χ1n) is 7.76. The van der Waals surface area contributed by atoms with Crippen LogP contribution in [-0.4, -0.2) is 39.9 Å². The molecule has 120 valence electrons. The van der Waals surface area contributed by atoms with Crippen LogP contribution >= 0.6 is 0 Å². The Morgan fingerprint density at radius 1 is 1.30 bits per heavy atom. The van der Waals surface area contributed by atoms with Gasteiger partial charge in [0.25, 0.3) is 5.91 Å². The van der Waals surface area contributed by atoms with Gasteiger partial charge in [-0.25, -0.2) is 4.98 Å². The standard InChI is InChI=1S/C17H21N5O/c1-12-9-22(10-13-5-3-2-4-6-13)11-15(12)21-16-8-19-7-14(20-16)17(18)23/h2-8,12,15H,9-11H2,1H3,(H2,18,23)(H,20,21). The first-order chi connectivity index (χ1) is 11.1. The van der Waals surface area contributed by atoms with Gasteiger partial charge in [0.2, 0.25) is 0 Å². The fraction of sp³-hybridized carbons (Fsp3) is 0.353. The number of rotatable bonds is 5. The number of nitrogens with two attached hydrogens (primary N) is 1. The van der Waals surface area contributed by atoms with Gasteiger partial charge in [-0.15, -0.1) is 0 Å². The molecule has 1 aromatic carbocycles. The molecule has 3 rings (SSSR count). The number of nitrogens with one attached hydrogen (secondary N) is 1. The molecule has 0 saturated carbocycles. The van der Waals surface area contributed by atoms with Crippen LogP contribution in [0.25, 0.3) is 0 Å². The van der Waals surface area contributed by atoms with E-state index in [1.807, 2.05) is 6.07 Å². The fourth-order valence-corrected chi connectivity index (χ4v) is 2.97. The molecular formula is C17H21N5O. The summed E-state index contributed by atoms with van der Waals surface area (Å²) in [7, 11) is 0. The van der Waals surface area contributed by atoms with Crippen LogP contribution in [0.2, 0.25) is 0 Å². The second-order valence-corrected chi connectivity index (χ2v) is 6.06. The molecule has 1 amide bonds. The van der Waals surface area contributed by atoms with E-state index >= 15 is 0 Å². The van der Waals surface area contributed by atoms with Crippen LogP contribution < -0.4 is 11.1 Å². The molecule has 0 bridgehead atoms. The fourth-order valence-electron chi connectivity index (χ4n) is 2.97. The molecule has 2 atom stereocenters. The minimum absolute atomic E-state index is 0.182. The largest absolute Gasteiger partial charge is 0.364 e. The maximum absolute atomic E-state index is 11.2. The van der Waals surface area contributed by atoms with Crippen LogP contribution in [-0.2, 0) is 6.54 Å². The highest BCUT2D eigenvalue weighted by atomic mass is 16.1. The topological polar surface area (TPSA) is 84.1 Å². The third-order valence-corrected chi connectivity index (χ3v) is 4.16. The lowest BCUT2D eigenvalue weighted by Crippen LogP contribution is -2.29. The molecule has 1 aliphatic heterocycles. The van der Waals surface area contributed by atoms with E-state index in [-0.39, 0.29) is 11.7 Å². The number of carbonyl (C=O) groups excluding carboxylic acids is 1. The number of hydrogen-bond donors (Lipinski definition) is 2. The summed E-state index contributed by atoms with van der Waals surface area (Å²) in [4.78, 5) is 21.8. The zero-order valence-electron chi connectivity index (χ0n) is 13.1. The lowest BCUT2D eigenvalue weighted by molar-refractivity contribution is 0.0995. The number of hydrogen-bond acceptors (Lipinski definition) is 5. The lowest BCUT2D eigenvalue weighted by atomic mass is 10.1. The van der Waals surface area contributed by atoms with E-state index in [4.69, 9.17) is 5.73 Å². The van der Waals surface area contributed by atoms with Crippen LogP contribution in [0.15, 0.2) is 42.7 Å². The van der Waals surface area contributed by atoms with Crippen LogP contribution in [0, 0.1) is 5.92 Å². The molecule has 2 unspecified atom stereocenters. The van der Waals surface area contributed by atoms with Gasteiger partial charge < -0.3 is 11.1 Å². The summed E-state index contributed by atoms with van der Waals surface area (Å²) in [6.45, 7) is 5.11. The van der Waals surface area contributed by atoms with Gasteiger partial charge in [0.15, 0.2) is 0 Å². The molecule has 0 spiro atoms. The third kappa shape index (κ3) is 3.84. The first kappa shape index (κ1) is 15.4. The number of primary amides is 1. The predicted molar refractivity (Wildman–Crippen MR) is 88.8 cm³/mol. The summed E-state index contributed by atoms with van der Waals surface area (Å²) in [5.74, 6) is 0.517. The van der Waals surface area contributed by atoms with Crippen molar-refractivity contribution >= 4 is 11.7 Å². The van der Waals surface area contributed by atoms with Gasteiger partial charge in [-0.2, -0.15) is 0 Å². The van der Waals surface area contributed by atoms with Gasteiger partial charge in [0, 0.05) is 25.7 Å². The highest BCUT2D eigenvalue weighted by molar-refractivity contribution is 5.90. The van der Waals surface area contributed by atoms with Gasteiger partial charge in [-0.1, -0.05) is 37.3 Å². The summed E-state index contributed by atoms with van der Waals surface area (Å²) >= 11 is 0. The van der Waals surface area contributed by atoms with E-state index in [1.54, 1.807) is 6.20 Å². The SMILES string of the molecule is CC1CN(Cc2ccccc2)CC1Nc1cncc(C(N)=O)n1. The molecule has 3 N–H and O–H groups in total. The van der Waals surface area contributed by atoms with E-state index in [0.29, 0.717) is 11.7 Å². The lowest BCUT2D eigenvalue weighted by Gasteiger charge is -2.18. The van der Waals surface area contributed by atoms with Crippen molar-refractivity contribution in [2.24, 2.45) is 11.7 Å². The maximum Gasteiger partial charge on any atom is 0.268 e. The molecule has 0 radical (unpaired) electrons. The van der Waals surface area contributed by atoms with Crippen molar-refractivity contribution in [3.05, 3.63) is 54.0 Å². The number of benzene rings is 1. The molecular weight excluding hydrogens is 290 g/mol. The molecule has 2 heterocycles. The molecule has 1 fully saturated rings. The van der Waals surface area contributed by atoms with Crippen LogP contribution in [0.1, 0.15) is 23.0 Å². The van der Waals surface area contributed by atoms with E-state index in [0.717, 1.165) is 19.6 Å². The summed E-state index contributed by atoms with van der Waals surface area (Å²) in [5.41, 5.74) is 6.75. The predicted octanol–water partition coefficient (Wildman–Crippen LogP) is 1.51. The monoisotopic (exact) mass is 311 g/mol. The van der Waals surface area contributed by atoms with Gasteiger partial charge in [-0.3, -0.25) is 14.7 Å². The minimum Gasteiger partial charge on any atom is -0.364 e. The highest BCUT2D eigenvalue weighted by Gasteiger charge is 2.29. The maximum atomic E-state index is 11.2. The minimum atomic E-state index is -0.564. The van der Waals surface area contributed by atoms with Crippen molar-refractivity contribution in [3.8, 4) is 0 Å². The molecule has 0 aliphatic carbocycles. The van der Waals surface area contributed by atoms with Crippen molar-refractivity contribution < 1.29 is 4.79 Å². The average molecular weight is 311 g/mol. The van der Waals surface area contributed by atoms with Gasteiger partial charge in [0.05, 0.1) is 12.4 Å². The molecule has 23 heavy (non-hydrogen) atoms. The second kappa shape index (κ2) is 6.75. The molecule has 6 heteroatoms.